The van der Waals surface area contributed by atoms with Crippen LogP contribution in [0, 0.1) is 0 Å². The minimum atomic E-state index is 0.707. The van der Waals surface area contributed by atoms with Crippen LogP contribution in [0.3, 0.4) is 0 Å². The van der Waals surface area contributed by atoms with Crippen LogP contribution in [0.4, 0.5) is 5.13 Å². The largest absolute Gasteiger partial charge is 0.356 e. The molecule has 1 saturated heterocycles. The van der Waals surface area contributed by atoms with Gasteiger partial charge in [-0.05, 0) is 45.3 Å². The van der Waals surface area contributed by atoms with Gasteiger partial charge in [-0.2, -0.15) is 0 Å². The standard InChI is InChI=1S/C18H34N6S/c1-19-17(21-14-16-15-25-18(22-16)23(2)3)20-10-6-4-7-11-24-12-8-5-9-13-24/h15H,4-14H2,1-3H3,(H2,19,20,21). The fraction of sp³-hybridized carbons (Fsp3) is 0.778. The zero-order valence-corrected chi connectivity index (χ0v) is 16.9. The lowest BCUT2D eigenvalue weighted by Gasteiger charge is -2.26. The lowest BCUT2D eigenvalue weighted by molar-refractivity contribution is 0.224. The van der Waals surface area contributed by atoms with Crippen molar-refractivity contribution in [1.82, 2.24) is 20.5 Å². The van der Waals surface area contributed by atoms with Gasteiger partial charge in [0.2, 0.25) is 0 Å². The van der Waals surface area contributed by atoms with Gasteiger partial charge < -0.3 is 20.4 Å². The van der Waals surface area contributed by atoms with Crippen molar-refractivity contribution in [3.8, 4) is 0 Å². The lowest BCUT2D eigenvalue weighted by Crippen LogP contribution is -2.37. The first kappa shape index (κ1) is 20.0. The van der Waals surface area contributed by atoms with Crippen LogP contribution >= 0.6 is 11.3 Å². The first-order valence-corrected chi connectivity index (χ1v) is 10.4. The number of guanidine groups is 1. The van der Waals surface area contributed by atoms with E-state index in [4.69, 9.17) is 0 Å². The number of nitrogens with zero attached hydrogens (tertiary/aromatic N) is 4. The SMILES string of the molecule is CN=C(NCCCCCN1CCCCC1)NCc1csc(N(C)C)n1. The number of hydrogen-bond donors (Lipinski definition) is 2. The van der Waals surface area contributed by atoms with Gasteiger partial charge in [0, 0.05) is 33.1 Å². The van der Waals surface area contributed by atoms with Gasteiger partial charge in [0.05, 0.1) is 12.2 Å². The monoisotopic (exact) mass is 366 g/mol. The number of anilines is 1. The number of aliphatic imine (C=N–C) groups is 1. The van der Waals surface area contributed by atoms with E-state index in [1.165, 1.54) is 58.2 Å². The van der Waals surface area contributed by atoms with Gasteiger partial charge in [0.1, 0.15) is 0 Å². The Labute approximate surface area is 156 Å². The Kier molecular flexibility index (Phi) is 9.04. The maximum atomic E-state index is 4.58. The summed E-state index contributed by atoms with van der Waals surface area (Å²) in [5, 5.41) is 9.86. The number of hydrogen-bond acceptors (Lipinski definition) is 5. The van der Waals surface area contributed by atoms with Crippen molar-refractivity contribution in [2.75, 3.05) is 52.2 Å². The topological polar surface area (TPSA) is 55.8 Å². The van der Waals surface area contributed by atoms with Crippen LogP contribution in [0.25, 0.3) is 0 Å². The molecule has 1 aromatic heterocycles. The summed E-state index contributed by atoms with van der Waals surface area (Å²) in [7, 11) is 5.85. The van der Waals surface area contributed by atoms with Gasteiger partial charge in [-0.25, -0.2) is 4.98 Å². The average Bonchev–Trinajstić information content (AvgIpc) is 3.11. The predicted octanol–water partition coefficient (Wildman–Crippen LogP) is 2.53. The number of piperidine rings is 1. The van der Waals surface area contributed by atoms with Gasteiger partial charge in [-0.1, -0.05) is 12.8 Å². The Morgan fingerprint density at radius 2 is 2.00 bits per heavy atom. The molecule has 0 radical (unpaired) electrons. The van der Waals surface area contributed by atoms with Crippen LogP contribution in [0.5, 0.6) is 0 Å². The quantitative estimate of drug-likeness (QED) is 0.400. The van der Waals surface area contributed by atoms with Crippen LogP contribution in [0.1, 0.15) is 44.2 Å². The van der Waals surface area contributed by atoms with Crippen LogP contribution in [-0.4, -0.2) is 63.2 Å². The minimum Gasteiger partial charge on any atom is -0.356 e. The van der Waals surface area contributed by atoms with Gasteiger partial charge in [-0.3, -0.25) is 4.99 Å². The van der Waals surface area contributed by atoms with E-state index in [1.807, 2.05) is 26.0 Å². The van der Waals surface area contributed by atoms with Crippen molar-refractivity contribution in [2.24, 2.45) is 4.99 Å². The maximum absolute atomic E-state index is 4.58. The van der Waals surface area contributed by atoms with E-state index in [0.29, 0.717) is 6.54 Å². The summed E-state index contributed by atoms with van der Waals surface area (Å²) in [4.78, 5) is 13.5. The summed E-state index contributed by atoms with van der Waals surface area (Å²) in [5.74, 6) is 0.857. The molecule has 7 heteroatoms. The molecule has 1 aliphatic rings. The lowest BCUT2D eigenvalue weighted by atomic mass is 10.1. The molecule has 25 heavy (non-hydrogen) atoms. The van der Waals surface area contributed by atoms with Crippen LogP contribution < -0.4 is 15.5 Å². The molecule has 0 bridgehead atoms. The van der Waals surface area contributed by atoms with Crippen molar-refractivity contribution in [2.45, 2.75) is 45.1 Å². The zero-order valence-electron chi connectivity index (χ0n) is 16.1. The third kappa shape index (κ3) is 7.61. The molecule has 0 saturated carbocycles. The number of unbranched alkanes of at least 4 members (excludes halogenated alkanes) is 2. The third-order valence-corrected chi connectivity index (χ3v) is 5.53. The van der Waals surface area contributed by atoms with Crippen LogP contribution in [-0.2, 0) is 6.54 Å². The first-order valence-electron chi connectivity index (χ1n) is 9.47. The highest BCUT2D eigenvalue weighted by Gasteiger charge is 2.09. The number of nitrogens with one attached hydrogen (secondary N) is 2. The van der Waals surface area contributed by atoms with Crippen molar-refractivity contribution >= 4 is 22.4 Å². The Morgan fingerprint density at radius 1 is 1.20 bits per heavy atom. The molecule has 0 amide bonds. The summed E-state index contributed by atoms with van der Waals surface area (Å²) in [5.41, 5.74) is 1.05. The Morgan fingerprint density at radius 3 is 2.68 bits per heavy atom. The third-order valence-electron chi connectivity index (χ3n) is 4.48. The van der Waals surface area contributed by atoms with E-state index < -0.39 is 0 Å². The number of thiazole rings is 1. The van der Waals surface area contributed by atoms with Crippen molar-refractivity contribution in [3.05, 3.63) is 11.1 Å². The highest BCUT2D eigenvalue weighted by atomic mass is 32.1. The molecule has 0 atom stereocenters. The van der Waals surface area contributed by atoms with E-state index in [2.05, 4.69) is 30.9 Å². The second-order valence-electron chi connectivity index (χ2n) is 6.83. The molecule has 0 aliphatic carbocycles. The van der Waals surface area contributed by atoms with Gasteiger partial charge in [0.25, 0.3) is 0 Å². The van der Waals surface area contributed by atoms with Crippen LogP contribution in [0.2, 0.25) is 0 Å². The number of aromatic nitrogens is 1. The van der Waals surface area contributed by atoms with E-state index >= 15 is 0 Å². The van der Waals surface area contributed by atoms with Crippen LogP contribution in [0.15, 0.2) is 10.4 Å². The second kappa shape index (κ2) is 11.3. The normalized spacial score (nSPS) is 16.0. The first-order chi connectivity index (χ1) is 12.2. The smallest absolute Gasteiger partial charge is 0.191 e. The molecule has 2 rings (SSSR count). The van der Waals surface area contributed by atoms with Crippen molar-refractivity contribution in [1.29, 1.82) is 0 Å². The highest BCUT2D eigenvalue weighted by molar-refractivity contribution is 7.13. The summed E-state index contributed by atoms with van der Waals surface area (Å²) in [6.45, 7) is 5.56. The fourth-order valence-electron chi connectivity index (χ4n) is 3.00. The summed E-state index contributed by atoms with van der Waals surface area (Å²) in [6.07, 6.45) is 7.97. The summed E-state index contributed by atoms with van der Waals surface area (Å²) >= 11 is 1.67. The molecule has 142 valence electrons. The summed E-state index contributed by atoms with van der Waals surface area (Å²) < 4.78 is 0. The molecule has 2 N–H and O–H groups in total. The molecule has 0 aromatic carbocycles. The molecule has 6 nitrogen and oxygen atoms in total. The zero-order chi connectivity index (χ0) is 17.9. The van der Waals surface area contributed by atoms with E-state index in [0.717, 1.165) is 23.3 Å². The highest BCUT2D eigenvalue weighted by Crippen LogP contribution is 2.17. The Balaban J connectivity index is 1.54. The number of rotatable bonds is 9. The van der Waals surface area contributed by atoms with Crippen molar-refractivity contribution < 1.29 is 0 Å². The number of likely N-dealkylation sites (tertiary alicyclic amines) is 1. The molecule has 2 heterocycles. The molecular weight excluding hydrogens is 332 g/mol. The van der Waals surface area contributed by atoms with Gasteiger partial charge >= 0.3 is 0 Å². The van der Waals surface area contributed by atoms with E-state index in [1.54, 1.807) is 11.3 Å². The molecule has 1 aromatic rings. The van der Waals surface area contributed by atoms with E-state index in [9.17, 15) is 0 Å². The molecule has 0 spiro atoms. The van der Waals surface area contributed by atoms with Crippen molar-refractivity contribution in [3.63, 3.8) is 0 Å². The minimum absolute atomic E-state index is 0.707. The second-order valence-corrected chi connectivity index (χ2v) is 7.67. The fourth-order valence-corrected chi connectivity index (χ4v) is 3.76. The summed E-state index contributed by atoms with van der Waals surface area (Å²) in [6, 6.07) is 0. The molecule has 1 fully saturated rings. The molecule has 0 unspecified atom stereocenters. The van der Waals surface area contributed by atoms with Gasteiger partial charge in [-0.15, -0.1) is 11.3 Å². The molecular formula is C18H34N6S. The maximum Gasteiger partial charge on any atom is 0.191 e. The average molecular weight is 367 g/mol. The Bertz CT molecular complexity index is 507. The molecule has 1 aliphatic heterocycles. The van der Waals surface area contributed by atoms with Gasteiger partial charge in [0.15, 0.2) is 11.1 Å². The predicted molar refractivity (Wildman–Crippen MR) is 109 cm³/mol. The Hall–Kier alpha value is -1.34. The van der Waals surface area contributed by atoms with E-state index in [-0.39, 0.29) is 0 Å².